The predicted octanol–water partition coefficient (Wildman–Crippen LogP) is 3.37. The lowest BCUT2D eigenvalue weighted by atomic mass is 9.95. The number of aryl methyl sites for hydroxylation is 1. The number of rotatable bonds is 6. The molecule has 1 amide bonds. The van der Waals surface area contributed by atoms with Crippen molar-refractivity contribution in [3.8, 4) is 27.5 Å². The van der Waals surface area contributed by atoms with Crippen molar-refractivity contribution in [3.05, 3.63) is 65.4 Å². The summed E-state index contributed by atoms with van der Waals surface area (Å²) in [4.78, 5) is 21.2. The van der Waals surface area contributed by atoms with E-state index < -0.39 is 18.3 Å². The Morgan fingerprint density at radius 2 is 2.21 bits per heavy atom. The summed E-state index contributed by atoms with van der Waals surface area (Å²) >= 11 is 1.28. The van der Waals surface area contributed by atoms with Crippen molar-refractivity contribution in [1.82, 2.24) is 19.7 Å². The molecule has 1 aromatic carbocycles. The number of hydrogen-bond donors (Lipinski definition) is 2. The van der Waals surface area contributed by atoms with E-state index in [-0.39, 0.29) is 0 Å². The van der Waals surface area contributed by atoms with Crippen LogP contribution in [0.1, 0.15) is 16.8 Å². The monoisotopic (exact) mass is 465 g/mol. The number of ether oxygens (including phenoxy) is 1. The SMILES string of the molecule is COCc1ccc(-n2nc(-c3cccnc3)c3c2-c2sc(NC(=O)CO)nc2CC3)c(F)c1. The second-order valence-electron chi connectivity index (χ2n) is 7.55. The molecule has 0 spiro atoms. The molecule has 0 fully saturated rings. The van der Waals surface area contributed by atoms with Gasteiger partial charge in [-0.25, -0.2) is 14.1 Å². The highest BCUT2D eigenvalue weighted by Gasteiger charge is 2.30. The summed E-state index contributed by atoms with van der Waals surface area (Å²) in [5.74, 6) is -0.955. The van der Waals surface area contributed by atoms with Crippen LogP contribution in [0, 0.1) is 5.82 Å². The third-order valence-corrected chi connectivity index (χ3v) is 6.40. The molecule has 10 heteroatoms. The molecular weight excluding hydrogens is 445 g/mol. The third kappa shape index (κ3) is 3.92. The van der Waals surface area contributed by atoms with E-state index in [2.05, 4.69) is 15.3 Å². The average Bonchev–Trinajstić information content (AvgIpc) is 3.41. The number of nitrogens with one attached hydrogen (secondary N) is 1. The summed E-state index contributed by atoms with van der Waals surface area (Å²) in [5, 5.41) is 16.9. The smallest absolute Gasteiger partial charge is 0.251 e. The topological polar surface area (TPSA) is 102 Å². The molecule has 33 heavy (non-hydrogen) atoms. The second kappa shape index (κ2) is 8.81. The first-order valence-electron chi connectivity index (χ1n) is 10.3. The van der Waals surface area contributed by atoms with E-state index in [0.29, 0.717) is 30.3 Å². The standard InChI is InChI=1S/C23H20FN5O3S/c1-32-12-13-4-7-18(16(24)9-13)29-21-15(20(28-29)14-3-2-8-25-10-14)5-6-17-22(21)33-23(26-17)27-19(31)11-30/h2-4,7-10,30H,5-6,11-12H2,1H3,(H,26,27,31). The van der Waals surface area contributed by atoms with E-state index in [1.165, 1.54) is 17.4 Å². The molecule has 2 N–H and O–H groups in total. The highest BCUT2D eigenvalue weighted by atomic mass is 32.1. The normalized spacial score (nSPS) is 12.3. The summed E-state index contributed by atoms with van der Waals surface area (Å²) in [5.41, 5.74) is 5.12. The number of carbonyl (C=O) groups is 1. The van der Waals surface area contributed by atoms with Gasteiger partial charge >= 0.3 is 0 Å². The molecule has 0 unspecified atom stereocenters. The van der Waals surface area contributed by atoms with Crippen molar-refractivity contribution in [2.75, 3.05) is 19.0 Å². The lowest BCUT2D eigenvalue weighted by Crippen LogP contribution is -2.15. The first kappa shape index (κ1) is 21.4. The zero-order valence-corrected chi connectivity index (χ0v) is 18.5. The van der Waals surface area contributed by atoms with Gasteiger partial charge in [0.1, 0.15) is 18.1 Å². The van der Waals surface area contributed by atoms with Gasteiger partial charge in [-0.3, -0.25) is 15.1 Å². The molecule has 4 aromatic rings. The molecule has 5 rings (SSSR count). The fraction of sp³-hybridized carbons (Fsp3) is 0.217. The number of thiazole rings is 1. The van der Waals surface area contributed by atoms with Gasteiger partial charge in [0.15, 0.2) is 5.13 Å². The van der Waals surface area contributed by atoms with Gasteiger partial charge in [0, 0.05) is 30.6 Å². The number of aromatic nitrogens is 4. The van der Waals surface area contributed by atoms with Gasteiger partial charge < -0.3 is 9.84 Å². The molecule has 0 atom stereocenters. The van der Waals surface area contributed by atoms with Crippen LogP contribution in [0.2, 0.25) is 0 Å². The van der Waals surface area contributed by atoms with Crippen LogP contribution in [0.25, 0.3) is 27.5 Å². The van der Waals surface area contributed by atoms with Gasteiger partial charge in [0.25, 0.3) is 5.91 Å². The highest BCUT2D eigenvalue weighted by molar-refractivity contribution is 7.19. The number of nitrogens with zero attached hydrogens (tertiary/aromatic N) is 4. The van der Waals surface area contributed by atoms with E-state index in [9.17, 15) is 4.79 Å². The molecule has 0 radical (unpaired) electrons. The maximum Gasteiger partial charge on any atom is 0.251 e. The minimum atomic E-state index is -0.627. The molecule has 3 heterocycles. The van der Waals surface area contributed by atoms with Gasteiger partial charge in [0.2, 0.25) is 0 Å². The number of fused-ring (bicyclic) bond motifs is 3. The first-order chi connectivity index (χ1) is 16.1. The molecule has 8 nitrogen and oxygen atoms in total. The fourth-order valence-corrected chi connectivity index (χ4v) is 5.06. The van der Waals surface area contributed by atoms with E-state index in [4.69, 9.17) is 14.9 Å². The molecule has 3 aromatic heterocycles. The Morgan fingerprint density at radius 3 is 2.94 bits per heavy atom. The van der Waals surface area contributed by atoms with Gasteiger partial charge in [0.05, 0.1) is 28.6 Å². The third-order valence-electron chi connectivity index (χ3n) is 5.38. The van der Waals surface area contributed by atoms with Crippen LogP contribution < -0.4 is 5.32 Å². The number of halogens is 1. The Labute approximate surface area is 192 Å². The van der Waals surface area contributed by atoms with Crippen molar-refractivity contribution in [3.63, 3.8) is 0 Å². The number of carbonyl (C=O) groups excluding carboxylic acids is 1. The van der Waals surface area contributed by atoms with Crippen LogP contribution >= 0.6 is 11.3 Å². The Balaban J connectivity index is 1.70. The molecular formula is C23H20FN5O3S. The van der Waals surface area contributed by atoms with Gasteiger partial charge in [-0.1, -0.05) is 17.4 Å². The number of amides is 1. The quantitative estimate of drug-likeness (QED) is 0.453. The minimum Gasteiger partial charge on any atom is -0.387 e. The Kier molecular flexibility index (Phi) is 5.71. The molecule has 1 aliphatic carbocycles. The first-order valence-corrected chi connectivity index (χ1v) is 11.1. The maximum atomic E-state index is 15.2. The van der Waals surface area contributed by atoms with Crippen molar-refractivity contribution in [2.24, 2.45) is 0 Å². The van der Waals surface area contributed by atoms with Crippen molar-refractivity contribution in [2.45, 2.75) is 19.4 Å². The van der Waals surface area contributed by atoms with Crippen LogP contribution in [0.3, 0.4) is 0 Å². The molecule has 0 aliphatic heterocycles. The second-order valence-corrected chi connectivity index (χ2v) is 8.55. The van der Waals surface area contributed by atoms with Gasteiger partial charge in [-0.15, -0.1) is 0 Å². The number of hydrogen-bond acceptors (Lipinski definition) is 7. The molecule has 1 aliphatic rings. The van der Waals surface area contributed by atoms with Gasteiger partial charge in [-0.05, 0) is 42.7 Å². The number of aliphatic hydroxyl groups excluding tert-OH is 1. The van der Waals surface area contributed by atoms with Crippen molar-refractivity contribution < 1.29 is 19.0 Å². The van der Waals surface area contributed by atoms with E-state index >= 15 is 4.39 Å². The summed E-state index contributed by atoms with van der Waals surface area (Å²) < 4.78 is 21.9. The largest absolute Gasteiger partial charge is 0.387 e. The number of pyridine rings is 1. The molecule has 0 saturated heterocycles. The van der Waals surface area contributed by atoms with Crippen molar-refractivity contribution in [1.29, 1.82) is 0 Å². The number of methoxy groups -OCH3 is 1. The number of anilines is 1. The van der Waals surface area contributed by atoms with Crippen molar-refractivity contribution >= 4 is 22.4 Å². The predicted molar refractivity (Wildman–Crippen MR) is 122 cm³/mol. The zero-order chi connectivity index (χ0) is 22.9. The Hall–Kier alpha value is -3.47. The highest BCUT2D eigenvalue weighted by Crippen LogP contribution is 2.44. The lowest BCUT2D eigenvalue weighted by Gasteiger charge is -2.15. The Bertz CT molecular complexity index is 1340. The average molecular weight is 466 g/mol. The minimum absolute atomic E-state index is 0.308. The van der Waals surface area contributed by atoms with E-state index in [0.717, 1.165) is 38.6 Å². The summed E-state index contributed by atoms with van der Waals surface area (Å²) in [6, 6.07) is 8.70. The molecule has 0 saturated carbocycles. The number of aliphatic hydroxyl groups is 1. The zero-order valence-electron chi connectivity index (χ0n) is 17.7. The molecule has 0 bridgehead atoms. The van der Waals surface area contributed by atoms with Gasteiger partial charge in [-0.2, -0.15) is 5.10 Å². The number of benzene rings is 1. The summed E-state index contributed by atoms with van der Waals surface area (Å²) in [6.45, 7) is -0.320. The molecule has 168 valence electrons. The summed E-state index contributed by atoms with van der Waals surface area (Å²) in [7, 11) is 1.56. The van der Waals surface area contributed by atoms with Crippen LogP contribution in [-0.4, -0.2) is 44.5 Å². The maximum absolute atomic E-state index is 15.2. The fourth-order valence-electron chi connectivity index (χ4n) is 3.97. The van der Waals surface area contributed by atoms with Crippen LogP contribution in [0.4, 0.5) is 9.52 Å². The lowest BCUT2D eigenvalue weighted by molar-refractivity contribution is -0.118. The van der Waals surface area contributed by atoms with E-state index in [1.807, 2.05) is 18.2 Å². The summed E-state index contributed by atoms with van der Waals surface area (Å²) in [6.07, 6.45) is 4.74. The van der Waals surface area contributed by atoms with Crippen LogP contribution in [0.15, 0.2) is 42.7 Å². The Morgan fingerprint density at radius 1 is 1.33 bits per heavy atom. The van der Waals surface area contributed by atoms with Crippen LogP contribution in [-0.2, 0) is 29.0 Å². The van der Waals surface area contributed by atoms with Crippen LogP contribution in [0.5, 0.6) is 0 Å². The van der Waals surface area contributed by atoms with E-state index in [1.54, 1.807) is 30.3 Å².